The van der Waals surface area contributed by atoms with Gasteiger partial charge in [0, 0.05) is 20.8 Å². The fourth-order valence-corrected chi connectivity index (χ4v) is 14.0. The Hall–Kier alpha value is -3.23. The number of aliphatic hydroxyl groups excluding tert-OH is 24. The van der Waals surface area contributed by atoms with Crippen LogP contribution in [-0.2, 0) is 94.9 Å². The molecule has 9 aliphatic rings. The van der Waals surface area contributed by atoms with Crippen LogP contribution >= 0.6 is 0 Å². The minimum Gasteiger partial charge on any atom is -0.394 e. The number of rotatable bonds is 26. The van der Waals surface area contributed by atoms with Crippen LogP contribution in [0.2, 0.25) is 0 Å². The highest BCUT2D eigenvalue weighted by molar-refractivity contribution is 5.74. The average molecular weight is 1570 g/mol. The van der Waals surface area contributed by atoms with Crippen molar-refractivity contribution < 1.29 is 217 Å². The molecule has 0 aromatic heterocycles. The Balaban J connectivity index is 1.07. The molecular weight excluding hydrogens is 1470 g/mol. The first-order chi connectivity index (χ1) is 50.6. The summed E-state index contributed by atoms with van der Waals surface area (Å²) in [6.45, 7) is -2.57. The van der Waals surface area contributed by atoms with Gasteiger partial charge in [0.1, 0.15) is 207 Å². The van der Waals surface area contributed by atoms with Gasteiger partial charge in [-0.2, -0.15) is 0 Å². The number of aliphatic hydroxyl groups is 24. The predicted octanol–water partition coefficient (Wildman–Crippen LogP) is -18.1. The molecule has 45 atom stereocenters. The van der Waals surface area contributed by atoms with Crippen LogP contribution in [0, 0.1) is 0 Å². The average Bonchev–Trinajstić information content (AvgIpc) is 0.763. The van der Waals surface area contributed by atoms with Gasteiger partial charge < -0.3 is 219 Å². The zero-order valence-corrected chi connectivity index (χ0v) is 57.8. The molecule has 0 spiro atoms. The van der Waals surface area contributed by atoms with E-state index in [-0.39, 0.29) is 0 Å². The molecule has 9 fully saturated rings. The van der Waals surface area contributed by atoms with Gasteiger partial charge in [0.25, 0.3) is 0 Å². The van der Waals surface area contributed by atoms with Crippen molar-refractivity contribution in [3.05, 3.63) is 0 Å². The van der Waals surface area contributed by atoms with Gasteiger partial charge >= 0.3 is 0 Å². The van der Waals surface area contributed by atoms with Gasteiger partial charge in [-0.15, -0.1) is 0 Å². The molecule has 620 valence electrons. The lowest BCUT2D eigenvalue weighted by Crippen LogP contribution is -2.72. The fourth-order valence-electron chi connectivity index (χ4n) is 14.0. The van der Waals surface area contributed by atoms with E-state index < -0.39 is 340 Å². The molecule has 47 nitrogen and oxygen atoms in total. The van der Waals surface area contributed by atoms with Crippen LogP contribution in [0.3, 0.4) is 0 Å². The lowest BCUT2D eigenvalue weighted by atomic mass is 9.93. The second-order valence-corrected chi connectivity index (χ2v) is 27.4. The van der Waals surface area contributed by atoms with Crippen LogP contribution in [0.1, 0.15) is 34.6 Å². The van der Waals surface area contributed by atoms with Crippen LogP contribution in [0.4, 0.5) is 0 Å². The molecule has 0 bridgehead atoms. The summed E-state index contributed by atoms with van der Waals surface area (Å²) in [7, 11) is 0. The van der Waals surface area contributed by atoms with E-state index in [1.165, 1.54) is 13.8 Å². The topological polar surface area (TPSA) is 730 Å². The SMILES string of the molecule is CC(=O)N[C@H]1[C@H](O[C@H]2[C@@H](O)[C@@H](CO)O[C@@H](O[C@H]3[C@H](O)[C@@H](O)C(O)O[C@@H]3CO)[C@@H]2O)O[C@H](CO)[C@@H](O[C@@H]2O[C@H](CO)[C@H](O)[C@H](O[C@@H]3O[C@H](CO)[C@H](O)[C@H](O[C@@H]4O[C@H](CO)[C@H](O)[C@H](O[C@H]5O[C@H](CO)[C@H](O)[C@H](O)[C@H]5NC(C)=O)[C@H]4O[C@@H]4O[C@@H](C)[C@@H](O)[C@@H](O)[C@@H]4O)[C@H]3NC(C)=O)[C@H]2O[C@@H]2O[C@@H](C)[C@@H](O)[C@@H](O)[C@@H]2O)[C@@H]1O. The third-order valence-corrected chi connectivity index (χ3v) is 19.9. The summed E-state index contributed by atoms with van der Waals surface area (Å²) < 4.78 is 102. The van der Waals surface area contributed by atoms with Crippen LogP contribution in [0.25, 0.3) is 0 Å². The Labute approximate surface area is 606 Å². The molecule has 0 aliphatic carbocycles. The molecule has 0 radical (unpaired) electrons. The highest BCUT2D eigenvalue weighted by Crippen LogP contribution is 2.41. The van der Waals surface area contributed by atoms with Crippen molar-refractivity contribution in [3.63, 3.8) is 0 Å². The zero-order chi connectivity index (χ0) is 78.8. The first kappa shape index (κ1) is 87.7. The number of amides is 3. The quantitative estimate of drug-likeness (QED) is 0.0382. The van der Waals surface area contributed by atoms with E-state index in [9.17, 15) is 137 Å². The second kappa shape index (κ2) is 37.8. The molecule has 107 heavy (non-hydrogen) atoms. The van der Waals surface area contributed by atoms with Gasteiger partial charge in [-0.05, 0) is 13.8 Å². The summed E-state index contributed by atoms with van der Waals surface area (Å²) in [5, 5.41) is 274. The minimum atomic E-state index is -2.36. The Morgan fingerprint density at radius 1 is 0.243 bits per heavy atom. The summed E-state index contributed by atoms with van der Waals surface area (Å²) >= 11 is 0. The summed E-state index contributed by atoms with van der Waals surface area (Å²) in [5.41, 5.74) is 0. The predicted molar refractivity (Wildman–Crippen MR) is 329 cm³/mol. The third kappa shape index (κ3) is 18.9. The molecule has 1 unspecified atom stereocenters. The first-order valence-corrected chi connectivity index (χ1v) is 34.4. The third-order valence-electron chi connectivity index (χ3n) is 19.9. The van der Waals surface area contributed by atoms with E-state index in [1.54, 1.807) is 0 Å². The monoisotopic (exact) mass is 1570 g/mol. The van der Waals surface area contributed by atoms with Crippen molar-refractivity contribution in [1.82, 2.24) is 16.0 Å². The largest absolute Gasteiger partial charge is 0.394 e. The number of ether oxygens (including phenoxy) is 17. The van der Waals surface area contributed by atoms with Crippen molar-refractivity contribution in [2.24, 2.45) is 0 Å². The molecular formula is C60H101N3O44. The number of hydrogen-bond donors (Lipinski definition) is 27. The molecule has 9 heterocycles. The molecule has 3 amide bonds. The van der Waals surface area contributed by atoms with Gasteiger partial charge in [-0.25, -0.2) is 0 Å². The van der Waals surface area contributed by atoms with E-state index in [2.05, 4.69) is 16.0 Å². The molecule has 47 heteroatoms. The molecule has 0 saturated carbocycles. The van der Waals surface area contributed by atoms with E-state index >= 15 is 0 Å². The molecule has 0 aromatic carbocycles. The summed E-state index contributed by atoms with van der Waals surface area (Å²) in [4.78, 5) is 39.2. The maximum Gasteiger partial charge on any atom is 0.217 e. The van der Waals surface area contributed by atoms with E-state index in [0.29, 0.717) is 0 Å². The maximum atomic E-state index is 13.6. The molecule has 9 rings (SSSR count). The highest BCUT2D eigenvalue weighted by Gasteiger charge is 2.62. The smallest absolute Gasteiger partial charge is 0.217 e. The van der Waals surface area contributed by atoms with Crippen molar-refractivity contribution in [1.29, 1.82) is 0 Å². The van der Waals surface area contributed by atoms with E-state index in [1.807, 2.05) is 0 Å². The molecule has 9 aliphatic heterocycles. The standard InChI is InChI=1S/C60H101N3O44/c1-13-28(74)37(83)41(87)56(91-13)106-50-49(34(80)21(9-67)97-59(50)101-44-24(12-70)99-54(26(36(44)82)62-16(4)72)103-47-32(78)20(8-66)96-58(43(47)89)100-45-23(11-69)93-52(90)40(86)39(45)85)105-55-27(63-17(5)73)46(31(77)19(7-65)95-55)102-60-51(107-57-42(88)38(84)29(75)14(2)92-57)48(33(79)22(10-68)98-60)104-53-25(61-15(3)71)35(81)30(76)18(6-64)94-53/h13-14,18-60,64-70,74-90H,6-12H2,1-5H3,(H,61,71)(H,62,72)(H,63,73)/t13-,14-,18+,19+,20+,21+,22+,23+,24+,25+,26+,27+,28+,29+,30-,31-,32-,33-,34-,35+,36+,37+,38+,39+,40+,41-,42-,43+,44+,45+,46+,47-,48-,49-,50+,51+,52?,53+,54-,55-,56-,57-,58-,59-,60-/m0/s1. The molecule has 9 saturated heterocycles. The van der Waals surface area contributed by atoms with E-state index in [0.717, 1.165) is 20.8 Å². The van der Waals surface area contributed by atoms with Gasteiger partial charge in [-0.1, -0.05) is 0 Å². The van der Waals surface area contributed by atoms with Crippen LogP contribution in [0.5, 0.6) is 0 Å². The van der Waals surface area contributed by atoms with Crippen molar-refractivity contribution in [2.45, 2.75) is 311 Å². The lowest BCUT2D eigenvalue weighted by Gasteiger charge is -2.52. The van der Waals surface area contributed by atoms with Gasteiger partial charge in [0.15, 0.2) is 56.6 Å². The fraction of sp³-hybridized carbons (Fsp3) is 0.950. The number of nitrogens with one attached hydrogen (secondary N) is 3. The van der Waals surface area contributed by atoms with Crippen molar-refractivity contribution >= 4 is 17.7 Å². The minimum absolute atomic E-state index is 0.857. The van der Waals surface area contributed by atoms with Crippen LogP contribution in [0.15, 0.2) is 0 Å². The maximum absolute atomic E-state index is 13.6. The Morgan fingerprint density at radius 2 is 0.533 bits per heavy atom. The number of hydrogen-bond acceptors (Lipinski definition) is 44. The second-order valence-electron chi connectivity index (χ2n) is 27.4. The van der Waals surface area contributed by atoms with Crippen molar-refractivity contribution in [3.8, 4) is 0 Å². The number of carbonyl (C=O) groups is 3. The highest BCUT2D eigenvalue weighted by atomic mass is 16.8. The number of carbonyl (C=O) groups excluding carboxylic acids is 3. The van der Waals surface area contributed by atoms with Gasteiger partial charge in [0.2, 0.25) is 17.7 Å². The van der Waals surface area contributed by atoms with Crippen LogP contribution in [-0.4, -0.2) is 463 Å². The van der Waals surface area contributed by atoms with Crippen LogP contribution < -0.4 is 16.0 Å². The summed E-state index contributed by atoms with van der Waals surface area (Å²) in [5.74, 6) is -2.85. The Morgan fingerprint density at radius 3 is 0.963 bits per heavy atom. The molecule has 27 N–H and O–H groups in total. The Kier molecular flexibility index (Phi) is 31.0. The van der Waals surface area contributed by atoms with Gasteiger partial charge in [-0.3, -0.25) is 14.4 Å². The summed E-state index contributed by atoms with van der Waals surface area (Å²) in [6.07, 6.45) is -86.2. The molecule has 0 aromatic rings. The first-order valence-electron chi connectivity index (χ1n) is 34.4. The van der Waals surface area contributed by atoms with Crippen molar-refractivity contribution in [2.75, 3.05) is 46.2 Å². The summed E-state index contributed by atoms with van der Waals surface area (Å²) in [6, 6.07) is -5.86. The zero-order valence-electron chi connectivity index (χ0n) is 57.8. The normalized spacial score (nSPS) is 50.7. The van der Waals surface area contributed by atoms with E-state index in [4.69, 9.17) is 80.5 Å². The Bertz CT molecular complexity index is 2810. The van der Waals surface area contributed by atoms with Gasteiger partial charge in [0.05, 0.1) is 58.5 Å². The lowest BCUT2D eigenvalue weighted by molar-refractivity contribution is -0.409.